The first-order valence-electron chi connectivity index (χ1n) is 2.85. The summed E-state index contributed by atoms with van der Waals surface area (Å²) >= 11 is 0. The second-order valence-electron chi connectivity index (χ2n) is 2.22. The lowest BCUT2D eigenvalue weighted by atomic mass is 10.2. The van der Waals surface area contributed by atoms with Crippen molar-refractivity contribution >= 4 is 0 Å². The number of aliphatic hydroxyl groups excluding tert-OH is 1. The molecule has 1 rings (SSSR count). The first-order valence-corrected chi connectivity index (χ1v) is 2.85. The van der Waals surface area contributed by atoms with Crippen LogP contribution in [-0.4, -0.2) is 30.1 Å². The molecule has 0 unspecified atom stereocenters. The molecule has 0 aromatic heterocycles. The molecule has 0 saturated carbocycles. The Kier molecular flexibility index (Phi) is 1.53. The zero-order valence-corrected chi connectivity index (χ0v) is 5.09. The highest BCUT2D eigenvalue weighted by Gasteiger charge is 2.04. The third-order valence-corrected chi connectivity index (χ3v) is 1.32. The molecule has 0 saturated heterocycles. The monoisotopic (exact) mass is 113 g/mol. The van der Waals surface area contributed by atoms with Gasteiger partial charge in [0, 0.05) is 6.54 Å². The fraction of sp³-hybridized carbons (Fsp3) is 0.667. The molecule has 2 heteroatoms. The highest BCUT2D eigenvalue weighted by molar-refractivity contribution is 4.97. The molecule has 1 aliphatic heterocycles. The van der Waals surface area contributed by atoms with Gasteiger partial charge in [-0.05, 0) is 19.5 Å². The van der Waals surface area contributed by atoms with Crippen LogP contribution in [0, 0.1) is 0 Å². The van der Waals surface area contributed by atoms with E-state index in [-0.39, 0.29) is 0 Å². The molecule has 2 nitrogen and oxygen atoms in total. The Morgan fingerprint density at radius 1 is 1.75 bits per heavy atom. The topological polar surface area (TPSA) is 23.5 Å². The highest BCUT2D eigenvalue weighted by atomic mass is 16.3. The van der Waals surface area contributed by atoms with Gasteiger partial charge in [-0.25, -0.2) is 0 Å². The Morgan fingerprint density at radius 2 is 2.50 bits per heavy atom. The van der Waals surface area contributed by atoms with Gasteiger partial charge in [0.1, 0.15) is 5.76 Å². The molecule has 0 aliphatic carbocycles. The van der Waals surface area contributed by atoms with E-state index in [4.69, 9.17) is 5.11 Å². The van der Waals surface area contributed by atoms with E-state index in [9.17, 15) is 0 Å². The van der Waals surface area contributed by atoms with Crippen molar-refractivity contribution < 1.29 is 5.11 Å². The van der Waals surface area contributed by atoms with E-state index < -0.39 is 0 Å². The van der Waals surface area contributed by atoms with Crippen LogP contribution >= 0.6 is 0 Å². The summed E-state index contributed by atoms with van der Waals surface area (Å²) in [7, 11) is 2.00. The van der Waals surface area contributed by atoms with Crippen molar-refractivity contribution in [2.24, 2.45) is 0 Å². The number of nitrogens with zero attached hydrogens (tertiary/aromatic N) is 1. The molecule has 8 heavy (non-hydrogen) atoms. The summed E-state index contributed by atoms with van der Waals surface area (Å²) < 4.78 is 0. The normalized spacial score (nSPS) is 22.9. The van der Waals surface area contributed by atoms with Gasteiger partial charge in [0.15, 0.2) is 0 Å². The molecular formula is C6H11NO. The van der Waals surface area contributed by atoms with Crippen LogP contribution in [0.5, 0.6) is 0 Å². The van der Waals surface area contributed by atoms with Crippen molar-refractivity contribution in [1.82, 2.24) is 4.90 Å². The Labute approximate surface area is 49.4 Å². The van der Waals surface area contributed by atoms with E-state index in [1.165, 1.54) is 0 Å². The third kappa shape index (κ3) is 1.23. The highest BCUT2D eigenvalue weighted by Crippen LogP contribution is 2.02. The number of likely N-dealkylation sites (N-methyl/N-ethyl adjacent to an activating group) is 1. The van der Waals surface area contributed by atoms with Gasteiger partial charge in [0.25, 0.3) is 0 Å². The predicted molar refractivity (Wildman–Crippen MR) is 32.8 cm³/mol. The minimum Gasteiger partial charge on any atom is -0.511 e. The smallest absolute Gasteiger partial charge is 0.102 e. The van der Waals surface area contributed by atoms with Gasteiger partial charge < -0.3 is 5.11 Å². The summed E-state index contributed by atoms with van der Waals surface area (Å²) in [5.74, 6) is 0.513. The molecule has 1 N–H and O–H groups in total. The quantitative estimate of drug-likeness (QED) is 0.501. The average Bonchev–Trinajstić information content (AvgIpc) is 1.64. The molecule has 46 valence electrons. The molecule has 0 atom stereocenters. The van der Waals surface area contributed by atoms with Crippen molar-refractivity contribution in [1.29, 1.82) is 0 Å². The van der Waals surface area contributed by atoms with E-state index in [0.717, 1.165) is 19.5 Å². The minimum absolute atomic E-state index is 0.513. The Bertz CT molecular complexity index is 109. The maximum Gasteiger partial charge on any atom is 0.102 e. The van der Waals surface area contributed by atoms with Crippen LogP contribution < -0.4 is 0 Å². The second-order valence-corrected chi connectivity index (χ2v) is 2.22. The van der Waals surface area contributed by atoms with Crippen LogP contribution in [0.3, 0.4) is 0 Å². The van der Waals surface area contributed by atoms with Gasteiger partial charge in [-0.15, -0.1) is 0 Å². The van der Waals surface area contributed by atoms with Gasteiger partial charge in [-0.2, -0.15) is 0 Å². The number of hydrogen-bond donors (Lipinski definition) is 1. The zero-order valence-electron chi connectivity index (χ0n) is 5.09. The third-order valence-electron chi connectivity index (χ3n) is 1.32. The lowest BCUT2D eigenvalue weighted by Crippen LogP contribution is -2.25. The van der Waals surface area contributed by atoms with Crippen LogP contribution in [0.2, 0.25) is 0 Å². The van der Waals surface area contributed by atoms with Gasteiger partial charge in [-0.3, -0.25) is 4.90 Å². The second kappa shape index (κ2) is 2.18. The molecule has 0 spiro atoms. The van der Waals surface area contributed by atoms with Crippen LogP contribution in [0.25, 0.3) is 0 Å². The van der Waals surface area contributed by atoms with Crippen LogP contribution in [0.1, 0.15) is 6.42 Å². The molecule has 0 aromatic rings. The summed E-state index contributed by atoms with van der Waals surface area (Å²) in [6.07, 6.45) is 2.86. The molecule has 1 heterocycles. The van der Waals surface area contributed by atoms with Gasteiger partial charge in [-0.1, -0.05) is 0 Å². The van der Waals surface area contributed by atoms with Gasteiger partial charge in [0.2, 0.25) is 0 Å². The van der Waals surface area contributed by atoms with Gasteiger partial charge in [0.05, 0.1) is 6.54 Å². The molecule has 0 radical (unpaired) electrons. The number of rotatable bonds is 0. The Morgan fingerprint density at radius 3 is 2.88 bits per heavy atom. The SMILES string of the molecule is CN1CCC=C(O)C1. The molecule has 0 amide bonds. The van der Waals surface area contributed by atoms with Gasteiger partial charge >= 0.3 is 0 Å². The summed E-state index contributed by atoms with van der Waals surface area (Å²) in [6.45, 7) is 1.80. The molecule has 0 fully saturated rings. The summed E-state index contributed by atoms with van der Waals surface area (Å²) in [4.78, 5) is 2.09. The van der Waals surface area contributed by atoms with Crippen molar-refractivity contribution in [2.45, 2.75) is 6.42 Å². The summed E-state index contributed by atoms with van der Waals surface area (Å²) in [5, 5.41) is 8.90. The minimum atomic E-state index is 0.513. The van der Waals surface area contributed by atoms with Crippen molar-refractivity contribution in [3.8, 4) is 0 Å². The Balaban J connectivity index is 2.45. The molecule has 1 aliphatic rings. The predicted octanol–water partition coefficient (Wildman–Crippen LogP) is 0.764. The average molecular weight is 113 g/mol. The fourth-order valence-corrected chi connectivity index (χ4v) is 0.872. The Hall–Kier alpha value is -0.500. The van der Waals surface area contributed by atoms with Crippen LogP contribution in [-0.2, 0) is 0 Å². The lowest BCUT2D eigenvalue weighted by molar-refractivity contribution is 0.272. The molecular weight excluding hydrogens is 102 g/mol. The zero-order chi connectivity index (χ0) is 5.98. The van der Waals surface area contributed by atoms with E-state index in [2.05, 4.69) is 4.90 Å². The van der Waals surface area contributed by atoms with Crippen molar-refractivity contribution in [3.63, 3.8) is 0 Å². The van der Waals surface area contributed by atoms with E-state index >= 15 is 0 Å². The first-order chi connectivity index (χ1) is 3.79. The maximum atomic E-state index is 8.90. The fourth-order valence-electron chi connectivity index (χ4n) is 0.872. The number of aliphatic hydroxyl groups is 1. The summed E-state index contributed by atoms with van der Waals surface area (Å²) in [5.41, 5.74) is 0. The lowest BCUT2D eigenvalue weighted by Gasteiger charge is -2.18. The van der Waals surface area contributed by atoms with Crippen molar-refractivity contribution in [3.05, 3.63) is 11.8 Å². The van der Waals surface area contributed by atoms with Crippen molar-refractivity contribution in [2.75, 3.05) is 20.1 Å². The standard InChI is InChI=1S/C6H11NO/c1-7-4-2-3-6(8)5-7/h3,8H,2,4-5H2,1H3. The molecule has 0 bridgehead atoms. The molecule has 0 aromatic carbocycles. The largest absolute Gasteiger partial charge is 0.511 e. The first kappa shape index (κ1) is 5.63. The van der Waals surface area contributed by atoms with E-state index in [1.807, 2.05) is 13.1 Å². The summed E-state index contributed by atoms with van der Waals surface area (Å²) in [6, 6.07) is 0. The maximum absolute atomic E-state index is 8.90. The van der Waals surface area contributed by atoms with E-state index in [1.54, 1.807) is 0 Å². The number of hydrogen-bond acceptors (Lipinski definition) is 2. The van der Waals surface area contributed by atoms with Crippen LogP contribution in [0.15, 0.2) is 11.8 Å². The van der Waals surface area contributed by atoms with E-state index in [0.29, 0.717) is 5.76 Å². The van der Waals surface area contributed by atoms with Crippen LogP contribution in [0.4, 0.5) is 0 Å².